The van der Waals surface area contributed by atoms with Crippen molar-refractivity contribution in [2.24, 2.45) is 0 Å². The molecule has 1 aliphatic heterocycles. The summed E-state index contributed by atoms with van der Waals surface area (Å²) in [7, 11) is 0. The third-order valence-corrected chi connectivity index (χ3v) is 4.31. The number of nitrogens with two attached hydrogens (primary N) is 1. The molecular weight excluding hydrogens is 377 g/mol. The van der Waals surface area contributed by atoms with Crippen molar-refractivity contribution in [2.75, 3.05) is 23.7 Å². The van der Waals surface area contributed by atoms with E-state index in [0.29, 0.717) is 18.8 Å². The van der Waals surface area contributed by atoms with Crippen molar-refractivity contribution >= 4 is 40.0 Å². The SMILES string of the molecule is Nc1ccc(N2CCN(Cc3ccc(I)cc3)C2=O)cc1. The van der Waals surface area contributed by atoms with Crippen molar-refractivity contribution in [3.63, 3.8) is 0 Å². The first-order chi connectivity index (χ1) is 10.1. The Morgan fingerprint density at radius 2 is 1.67 bits per heavy atom. The molecule has 2 aromatic rings. The van der Waals surface area contributed by atoms with Crippen LogP contribution in [0.3, 0.4) is 0 Å². The first kappa shape index (κ1) is 14.2. The van der Waals surface area contributed by atoms with E-state index in [2.05, 4.69) is 46.9 Å². The summed E-state index contributed by atoms with van der Waals surface area (Å²) in [6, 6.07) is 15.8. The molecule has 1 fully saturated rings. The second-order valence-corrected chi connectivity index (χ2v) is 6.32. The maximum absolute atomic E-state index is 12.5. The lowest BCUT2D eigenvalue weighted by molar-refractivity contribution is 0.219. The number of urea groups is 1. The van der Waals surface area contributed by atoms with Crippen molar-refractivity contribution in [1.82, 2.24) is 4.90 Å². The molecule has 2 amide bonds. The summed E-state index contributed by atoms with van der Waals surface area (Å²) in [5.41, 5.74) is 8.45. The molecule has 2 aromatic carbocycles. The number of carbonyl (C=O) groups excluding carboxylic acids is 1. The van der Waals surface area contributed by atoms with Crippen LogP contribution in [0.2, 0.25) is 0 Å². The Kier molecular flexibility index (Phi) is 4.01. The Morgan fingerprint density at radius 3 is 2.33 bits per heavy atom. The van der Waals surface area contributed by atoms with Gasteiger partial charge in [0.05, 0.1) is 0 Å². The summed E-state index contributed by atoms with van der Waals surface area (Å²) >= 11 is 2.28. The van der Waals surface area contributed by atoms with Crippen LogP contribution in [0, 0.1) is 3.57 Å². The zero-order valence-corrected chi connectivity index (χ0v) is 13.7. The molecule has 4 nitrogen and oxygen atoms in total. The van der Waals surface area contributed by atoms with Crippen LogP contribution in [0.1, 0.15) is 5.56 Å². The monoisotopic (exact) mass is 393 g/mol. The second-order valence-electron chi connectivity index (χ2n) is 5.07. The summed E-state index contributed by atoms with van der Waals surface area (Å²) in [6.07, 6.45) is 0. The third kappa shape index (κ3) is 3.12. The highest BCUT2D eigenvalue weighted by molar-refractivity contribution is 14.1. The van der Waals surface area contributed by atoms with Gasteiger partial charge < -0.3 is 10.6 Å². The van der Waals surface area contributed by atoms with Gasteiger partial charge in [-0.15, -0.1) is 0 Å². The minimum Gasteiger partial charge on any atom is -0.399 e. The lowest BCUT2D eigenvalue weighted by atomic mass is 10.2. The van der Waals surface area contributed by atoms with Gasteiger partial charge >= 0.3 is 6.03 Å². The minimum absolute atomic E-state index is 0.0540. The number of anilines is 2. The Labute approximate surface area is 137 Å². The molecule has 21 heavy (non-hydrogen) atoms. The number of hydrogen-bond donors (Lipinski definition) is 1. The van der Waals surface area contributed by atoms with E-state index in [1.165, 1.54) is 3.57 Å². The van der Waals surface area contributed by atoms with Crippen LogP contribution in [0.5, 0.6) is 0 Å². The van der Waals surface area contributed by atoms with E-state index in [-0.39, 0.29) is 6.03 Å². The highest BCUT2D eigenvalue weighted by Crippen LogP contribution is 2.22. The van der Waals surface area contributed by atoms with E-state index in [4.69, 9.17) is 5.73 Å². The van der Waals surface area contributed by atoms with Gasteiger partial charge in [0.15, 0.2) is 0 Å². The number of halogens is 1. The summed E-state index contributed by atoms with van der Waals surface area (Å²) in [5.74, 6) is 0. The molecule has 1 heterocycles. The molecule has 1 aliphatic rings. The van der Waals surface area contributed by atoms with Gasteiger partial charge in [0.2, 0.25) is 0 Å². The molecule has 0 radical (unpaired) electrons. The van der Waals surface area contributed by atoms with Crippen LogP contribution in [-0.2, 0) is 6.54 Å². The number of hydrogen-bond acceptors (Lipinski definition) is 2. The van der Waals surface area contributed by atoms with Gasteiger partial charge in [-0.25, -0.2) is 4.79 Å². The van der Waals surface area contributed by atoms with Crippen LogP contribution >= 0.6 is 22.6 Å². The van der Waals surface area contributed by atoms with Crippen LogP contribution in [0.15, 0.2) is 48.5 Å². The summed E-state index contributed by atoms with van der Waals surface area (Å²) in [4.78, 5) is 16.2. The van der Waals surface area contributed by atoms with E-state index in [1.54, 1.807) is 4.90 Å². The lowest BCUT2D eigenvalue weighted by Crippen LogP contribution is -2.31. The molecule has 3 rings (SSSR count). The highest BCUT2D eigenvalue weighted by Gasteiger charge is 2.29. The van der Waals surface area contributed by atoms with Gasteiger partial charge in [-0.05, 0) is 64.6 Å². The fraction of sp³-hybridized carbons (Fsp3) is 0.188. The van der Waals surface area contributed by atoms with Gasteiger partial charge in [-0.1, -0.05) is 12.1 Å². The van der Waals surface area contributed by atoms with Gasteiger partial charge in [0.1, 0.15) is 0 Å². The maximum atomic E-state index is 12.5. The Hall–Kier alpha value is -1.76. The number of nitrogens with zero attached hydrogens (tertiary/aromatic N) is 2. The summed E-state index contributed by atoms with van der Waals surface area (Å²) in [5, 5.41) is 0. The molecule has 0 atom stereocenters. The van der Waals surface area contributed by atoms with E-state index in [9.17, 15) is 4.79 Å². The predicted molar refractivity (Wildman–Crippen MR) is 93.2 cm³/mol. The average molecular weight is 393 g/mol. The first-order valence-corrected chi connectivity index (χ1v) is 7.88. The molecule has 2 N–H and O–H groups in total. The van der Waals surface area contributed by atoms with Crippen LogP contribution in [0.4, 0.5) is 16.2 Å². The number of rotatable bonds is 3. The van der Waals surface area contributed by atoms with Crippen molar-refractivity contribution in [3.8, 4) is 0 Å². The molecule has 0 aromatic heterocycles. The largest absolute Gasteiger partial charge is 0.399 e. The Bertz CT molecular complexity index is 640. The van der Waals surface area contributed by atoms with Gasteiger partial charge in [-0.3, -0.25) is 4.90 Å². The van der Waals surface area contributed by atoms with Crippen molar-refractivity contribution in [1.29, 1.82) is 0 Å². The molecule has 108 valence electrons. The predicted octanol–water partition coefficient (Wildman–Crippen LogP) is 3.32. The fourth-order valence-corrected chi connectivity index (χ4v) is 2.79. The second kappa shape index (κ2) is 5.93. The topological polar surface area (TPSA) is 49.6 Å². The molecule has 0 spiro atoms. The zero-order chi connectivity index (χ0) is 14.8. The molecule has 5 heteroatoms. The molecule has 1 saturated heterocycles. The zero-order valence-electron chi connectivity index (χ0n) is 11.5. The van der Waals surface area contributed by atoms with Gasteiger partial charge in [-0.2, -0.15) is 0 Å². The van der Waals surface area contributed by atoms with E-state index < -0.39 is 0 Å². The molecule has 0 aliphatic carbocycles. The van der Waals surface area contributed by atoms with Crippen LogP contribution in [-0.4, -0.2) is 24.0 Å². The number of benzene rings is 2. The minimum atomic E-state index is 0.0540. The average Bonchev–Trinajstić information content (AvgIpc) is 2.84. The van der Waals surface area contributed by atoms with Gasteiger partial charge in [0, 0.05) is 34.6 Å². The first-order valence-electron chi connectivity index (χ1n) is 6.80. The van der Waals surface area contributed by atoms with Gasteiger partial charge in [0.25, 0.3) is 0 Å². The van der Waals surface area contributed by atoms with E-state index >= 15 is 0 Å². The number of amides is 2. The number of nitrogen functional groups attached to an aromatic ring is 1. The van der Waals surface area contributed by atoms with Crippen molar-refractivity contribution < 1.29 is 4.79 Å². The van der Waals surface area contributed by atoms with E-state index in [0.717, 1.165) is 17.8 Å². The standard InChI is InChI=1S/C16H16IN3O/c17-13-3-1-12(2-4-13)11-19-9-10-20(16(19)21)15-7-5-14(18)6-8-15/h1-8H,9-11,18H2. The Morgan fingerprint density at radius 1 is 1.00 bits per heavy atom. The summed E-state index contributed by atoms with van der Waals surface area (Å²) < 4.78 is 1.20. The van der Waals surface area contributed by atoms with Crippen molar-refractivity contribution in [2.45, 2.75) is 6.54 Å². The van der Waals surface area contributed by atoms with E-state index in [1.807, 2.05) is 29.2 Å². The normalized spacial score (nSPS) is 14.8. The molecule has 0 bridgehead atoms. The molecule has 0 saturated carbocycles. The summed E-state index contributed by atoms with van der Waals surface area (Å²) in [6.45, 7) is 2.11. The molecular formula is C16H16IN3O. The Balaban J connectivity index is 1.71. The van der Waals surface area contributed by atoms with Crippen molar-refractivity contribution in [3.05, 3.63) is 57.7 Å². The fourth-order valence-electron chi connectivity index (χ4n) is 2.43. The molecule has 0 unspecified atom stereocenters. The lowest BCUT2D eigenvalue weighted by Gasteiger charge is -2.19. The quantitative estimate of drug-likeness (QED) is 0.643. The highest BCUT2D eigenvalue weighted by atomic mass is 127. The smallest absolute Gasteiger partial charge is 0.324 e. The maximum Gasteiger partial charge on any atom is 0.324 e. The number of carbonyl (C=O) groups is 1. The van der Waals surface area contributed by atoms with Crippen LogP contribution < -0.4 is 10.6 Å². The van der Waals surface area contributed by atoms with Crippen LogP contribution in [0.25, 0.3) is 0 Å². The third-order valence-electron chi connectivity index (χ3n) is 3.59.